The Morgan fingerprint density at radius 1 is 1.21 bits per heavy atom. The number of thiazole rings is 1. The van der Waals surface area contributed by atoms with Crippen molar-refractivity contribution in [3.05, 3.63) is 77.4 Å². The largest absolute Gasteiger partial charge is 0.402 e. The monoisotopic (exact) mass is 460 g/mol. The molecule has 2 N–H and O–H groups in total. The first kappa shape index (κ1) is 22.4. The summed E-state index contributed by atoms with van der Waals surface area (Å²) in [6.45, 7) is 3.49. The third-order valence-corrected chi connectivity index (χ3v) is 5.65. The third kappa shape index (κ3) is 5.35. The highest BCUT2D eigenvalue weighted by molar-refractivity contribution is 7.14. The van der Waals surface area contributed by atoms with Crippen LogP contribution in [0.1, 0.15) is 16.1 Å². The van der Waals surface area contributed by atoms with Crippen molar-refractivity contribution < 1.29 is 14.0 Å². The number of hydrogen-bond acceptors (Lipinski definition) is 5. The van der Waals surface area contributed by atoms with E-state index in [9.17, 15) is 14.0 Å². The van der Waals surface area contributed by atoms with Crippen LogP contribution in [0.3, 0.4) is 0 Å². The quantitative estimate of drug-likeness (QED) is 0.408. The number of aromatic nitrogens is 3. The number of rotatable bonds is 7. The highest BCUT2D eigenvalue weighted by atomic mass is 32.1. The van der Waals surface area contributed by atoms with E-state index in [2.05, 4.69) is 20.6 Å². The Kier molecular flexibility index (Phi) is 6.64. The molecule has 0 aliphatic carbocycles. The number of pyridine rings is 1. The Balaban J connectivity index is 1.40. The van der Waals surface area contributed by atoms with Gasteiger partial charge < -0.3 is 15.1 Å². The second-order valence-electron chi connectivity index (χ2n) is 7.26. The van der Waals surface area contributed by atoms with Gasteiger partial charge in [0.05, 0.1) is 24.0 Å². The minimum atomic E-state index is -0.393. The van der Waals surface area contributed by atoms with Gasteiger partial charge in [-0.2, -0.15) is 0 Å². The standard InChI is InChI=1S/C23H20BFN5O2S/c1-14-8-18(19(25)10-26-14)15-4-3-5-16(9-15)20-13-33-23(28-20)29-21(31)11-27-22(32)17-6-7-30(12-17)24-2/h3-10,12-13H,11H2,1-2H3,(H,27,32)(H,28,29,31). The molecule has 1 radical (unpaired) electrons. The summed E-state index contributed by atoms with van der Waals surface area (Å²) in [7, 11) is 1.81. The Morgan fingerprint density at radius 2 is 2.03 bits per heavy atom. The lowest BCUT2D eigenvalue weighted by Gasteiger charge is -2.06. The fourth-order valence-corrected chi connectivity index (χ4v) is 3.94. The zero-order valence-electron chi connectivity index (χ0n) is 18.0. The van der Waals surface area contributed by atoms with Crippen molar-refractivity contribution >= 4 is 35.7 Å². The average molecular weight is 460 g/mol. The van der Waals surface area contributed by atoms with Gasteiger partial charge in [0.2, 0.25) is 13.3 Å². The zero-order chi connectivity index (χ0) is 23.4. The Bertz CT molecular complexity index is 1320. The molecule has 0 unspecified atom stereocenters. The number of halogens is 1. The number of carbonyl (C=O) groups is 2. The van der Waals surface area contributed by atoms with E-state index in [1.165, 1.54) is 17.5 Å². The van der Waals surface area contributed by atoms with Crippen LogP contribution in [-0.4, -0.2) is 40.2 Å². The van der Waals surface area contributed by atoms with E-state index in [-0.39, 0.29) is 18.4 Å². The molecule has 165 valence electrons. The smallest absolute Gasteiger partial charge is 0.253 e. The molecule has 7 nitrogen and oxygen atoms in total. The van der Waals surface area contributed by atoms with Crippen molar-refractivity contribution in [1.29, 1.82) is 0 Å². The molecule has 2 amide bonds. The first-order chi connectivity index (χ1) is 15.9. The van der Waals surface area contributed by atoms with Crippen LogP contribution in [0.25, 0.3) is 22.4 Å². The predicted molar refractivity (Wildman–Crippen MR) is 128 cm³/mol. The number of carbonyl (C=O) groups excluding carboxylic acids is 2. The van der Waals surface area contributed by atoms with Crippen LogP contribution in [0.15, 0.2) is 60.4 Å². The second-order valence-corrected chi connectivity index (χ2v) is 8.12. The lowest BCUT2D eigenvalue weighted by atomic mass is 10.0. The van der Waals surface area contributed by atoms with E-state index in [0.29, 0.717) is 27.5 Å². The summed E-state index contributed by atoms with van der Waals surface area (Å²) < 4.78 is 16.0. The Labute approximate surface area is 195 Å². The number of benzene rings is 1. The first-order valence-corrected chi connectivity index (χ1v) is 11.0. The molecule has 0 spiro atoms. The molecule has 3 heterocycles. The average Bonchev–Trinajstić information content (AvgIpc) is 3.49. The van der Waals surface area contributed by atoms with E-state index < -0.39 is 5.82 Å². The van der Waals surface area contributed by atoms with Gasteiger partial charge in [-0.3, -0.25) is 14.6 Å². The van der Waals surface area contributed by atoms with Gasteiger partial charge in [0, 0.05) is 28.4 Å². The van der Waals surface area contributed by atoms with Crippen LogP contribution < -0.4 is 10.6 Å². The summed E-state index contributed by atoms with van der Waals surface area (Å²) in [6.07, 6.45) is 4.64. The summed E-state index contributed by atoms with van der Waals surface area (Å²) in [5.74, 6) is -1.11. The van der Waals surface area contributed by atoms with Gasteiger partial charge in [0.25, 0.3) is 5.91 Å². The number of hydrogen-bond donors (Lipinski definition) is 2. The van der Waals surface area contributed by atoms with Gasteiger partial charge in [-0.15, -0.1) is 11.3 Å². The topological polar surface area (TPSA) is 88.9 Å². The second kappa shape index (κ2) is 9.78. The van der Waals surface area contributed by atoms with Gasteiger partial charge >= 0.3 is 0 Å². The van der Waals surface area contributed by atoms with Gasteiger partial charge in [-0.05, 0) is 36.9 Å². The summed E-state index contributed by atoms with van der Waals surface area (Å²) >= 11 is 1.27. The fourth-order valence-electron chi connectivity index (χ4n) is 3.21. The van der Waals surface area contributed by atoms with Crippen molar-refractivity contribution in [2.75, 3.05) is 11.9 Å². The first-order valence-electron chi connectivity index (χ1n) is 10.2. The molecule has 0 bridgehead atoms. The number of aryl methyl sites for hydroxylation is 1. The molecule has 33 heavy (non-hydrogen) atoms. The number of anilines is 1. The van der Waals surface area contributed by atoms with E-state index >= 15 is 0 Å². The van der Waals surface area contributed by atoms with Gasteiger partial charge in [0.15, 0.2) is 5.13 Å². The van der Waals surface area contributed by atoms with Crippen LogP contribution in [0.5, 0.6) is 0 Å². The SMILES string of the molecule is C[B]n1ccc(C(=O)NCC(=O)Nc2nc(-c3cccc(-c4cc(C)ncc4F)c3)cs2)c1. The van der Waals surface area contributed by atoms with Gasteiger partial charge in [-0.25, -0.2) is 9.37 Å². The minimum Gasteiger partial charge on any atom is -0.402 e. The maximum Gasteiger partial charge on any atom is 0.253 e. The summed E-state index contributed by atoms with van der Waals surface area (Å²) in [5, 5.41) is 7.50. The van der Waals surface area contributed by atoms with Gasteiger partial charge in [0.1, 0.15) is 5.82 Å². The maximum atomic E-state index is 14.2. The number of nitrogens with zero attached hydrogens (tertiary/aromatic N) is 3. The van der Waals surface area contributed by atoms with Crippen molar-refractivity contribution in [3.63, 3.8) is 0 Å². The molecule has 0 aliphatic heterocycles. The molecule has 10 heteroatoms. The molecule has 1 aromatic carbocycles. The fraction of sp³-hybridized carbons (Fsp3) is 0.130. The predicted octanol–water partition coefficient (Wildman–Crippen LogP) is 4.01. The molecule has 0 atom stereocenters. The highest BCUT2D eigenvalue weighted by Gasteiger charge is 2.13. The molecular formula is C23H20BFN5O2S. The lowest BCUT2D eigenvalue weighted by molar-refractivity contribution is -0.115. The summed E-state index contributed by atoms with van der Waals surface area (Å²) in [6, 6.07) is 10.7. The molecule has 3 aromatic heterocycles. The van der Waals surface area contributed by atoms with E-state index in [4.69, 9.17) is 0 Å². The van der Waals surface area contributed by atoms with Crippen LogP contribution in [0.2, 0.25) is 6.82 Å². The van der Waals surface area contributed by atoms with Crippen LogP contribution in [0, 0.1) is 12.7 Å². The van der Waals surface area contributed by atoms with E-state index in [1.807, 2.05) is 50.8 Å². The molecule has 0 saturated heterocycles. The molecular weight excluding hydrogens is 440 g/mol. The minimum absolute atomic E-state index is 0.176. The summed E-state index contributed by atoms with van der Waals surface area (Å²) in [5.41, 5.74) is 3.83. The Morgan fingerprint density at radius 3 is 2.82 bits per heavy atom. The lowest BCUT2D eigenvalue weighted by Crippen LogP contribution is -2.32. The van der Waals surface area contributed by atoms with Crippen LogP contribution in [-0.2, 0) is 4.79 Å². The normalized spacial score (nSPS) is 10.6. The molecule has 4 rings (SSSR count). The van der Waals surface area contributed by atoms with Crippen molar-refractivity contribution in [3.8, 4) is 22.4 Å². The maximum absolute atomic E-state index is 14.2. The van der Waals surface area contributed by atoms with Crippen LogP contribution in [0.4, 0.5) is 9.52 Å². The van der Waals surface area contributed by atoms with E-state index in [1.54, 1.807) is 29.0 Å². The summed E-state index contributed by atoms with van der Waals surface area (Å²) in [4.78, 5) is 32.8. The molecule has 0 aliphatic rings. The van der Waals surface area contributed by atoms with Crippen molar-refractivity contribution in [2.24, 2.45) is 0 Å². The molecule has 4 aromatic rings. The van der Waals surface area contributed by atoms with Crippen LogP contribution >= 0.6 is 11.3 Å². The van der Waals surface area contributed by atoms with E-state index in [0.717, 1.165) is 11.3 Å². The van der Waals surface area contributed by atoms with Crippen molar-refractivity contribution in [1.82, 2.24) is 19.8 Å². The third-order valence-electron chi connectivity index (χ3n) is 4.90. The Hall–Kier alpha value is -3.79. The molecule has 0 saturated carbocycles. The highest BCUT2D eigenvalue weighted by Crippen LogP contribution is 2.30. The number of nitrogens with one attached hydrogen (secondary N) is 2. The van der Waals surface area contributed by atoms with Crippen molar-refractivity contribution in [2.45, 2.75) is 13.7 Å². The zero-order valence-corrected chi connectivity index (χ0v) is 18.8. The van der Waals surface area contributed by atoms with Gasteiger partial charge in [-0.1, -0.05) is 25.0 Å². The number of amides is 2. The molecule has 0 fully saturated rings.